The first-order valence-electron chi connectivity index (χ1n) is 8.85. The van der Waals surface area contributed by atoms with Gasteiger partial charge in [0.15, 0.2) is 0 Å². The van der Waals surface area contributed by atoms with Crippen LogP contribution in [0.5, 0.6) is 0 Å². The lowest BCUT2D eigenvalue weighted by Gasteiger charge is -2.22. The number of benzene rings is 2. The van der Waals surface area contributed by atoms with Crippen LogP contribution >= 0.6 is 0 Å². The topological polar surface area (TPSA) is 57.7 Å². The van der Waals surface area contributed by atoms with E-state index in [1.165, 1.54) is 4.31 Å². The molecule has 140 valence electrons. The van der Waals surface area contributed by atoms with Crippen LogP contribution in [0.4, 0.5) is 0 Å². The molecule has 1 amide bonds. The molecule has 0 saturated carbocycles. The molecule has 0 atom stereocenters. The zero-order chi connectivity index (χ0) is 19.3. The van der Waals surface area contributed by atoms with Gasteiger partial charge in [-0.2, -0.15) is 4.31 Å². The van der Waals surface area contributed by atoms with E-state index in [0.717, 1.165) is 5.56 Å². The second-order valence-electron chi connectivity index (χ2n) is 6.45. The van der Waals surface area contributed by atoms with E-state index in [9.17, 15) is 13.2 Å². The summed E-state index contributed by atoms with van der Waals surface area (Å²) in [6.07, 6.45) is 0.549. The zero-order valence-corrected chi connectivity index (χ0v) is 16.1. The third-order valence-electron chi connectivity index (χ3n) is 4.45. The van der Waals surface area contributed by atoms with Crippen LogP contribution in [0.2, 0.25) is 0 Å². The van der Waals surface area contributed by atoms with Crippen LogP contribution in [-0.2, 0) is 10.0 Å². The average molecular weight is 382 g/mol. The van der Waals surface area contributed by atoms with Crippen LogP contribution in [-0.4, -0.2) is 49.7 Å². The van der Waals surface area contributed by atoms with Gasteiger partial charge in [0.1, 0.15) is 0 Å². The molecule has 27 heavy (non-hydrogen) atoms. The molecule has 0 fully saturated rings. The SMILES string of the molecule is Cc1ccc(S(=O)(=O)N2CC#CCN(C(=O)c3ccccc3)CCC2)cc1. The van der Waals surface area contributed by atoms with Crippen molar-refractivity contribution in [2.75, 3.05) is 26.2 Å². The van der Waals surface area contributed by atoms with Crippen molar-refractivity contribution in [3.05, 3.63) is 65.7 Å². The van der Waals surface area contributed by atoms with E-state index in [1.54, 1.807) is 41.3 Å². The van der Waals surface area contributed by atoms with E-state index in [4.69, 9.17) is 0 Å². The number of nitrogens with zero attached hydrogens (tertiary/aromatic N) is 2. The lowest BCUT2D eigenvalue weighted by atomic mass is 10.2. The van der Waals surface area contributed by atoms with Crippen LogP contribution in [0, 0.1) is 18.8 Å². The van der Waals surface area contributed by atoms with Gasteiger partial charge in [0.25, 0.3) is 5.91 Å². The molecule has 2 aromatic carbocycles. The second kappa shape index (κ2) is 8.38. The van der Waals surface area contributed by atoms with Crippen molar-refractivity contribution < 1.29 is 13.2 Å². The Morgan fingerprint density at radius 2 is 1.59 bits per heavy atom. The first-order chi connectivity index (χ1) is 13.0. The Bertz CT molecular complexity index is 958. The van der Waals surface area contributed by atoms with Crippen LogP contribution in [0.15, 0.2) is 59.5 Å². The fourth-order valence-corrected chi connectivity index (χ4v) is 4.27. The predicted molar refractivity (Wildman–Crippen MR) is 105 cm³/mol. The fraction of sp³-hybridized carbons (Fsp3) is 0.286. The molecule has 0 N–H and O–H groups in total. The van der Waals surface area contributed by atoms with Crippen molar-refractivity contribution >= 4 is 15.9 Å². The van der Waals surface area contributed by atoms with Gasteiger partial charge in [-0.25, -0.2) is 8.42 Å². The van der Waals surface area contributed by atoms with Crippen molar-refractivity contribution in [3.63, 3.8) is 0 Å². The fourth-order valence-electron chi connectivity index (χ4n) is 2.89. The number of carbonyl (C=O) groups excluding carboxylic acids is 1. The predicted octanol–water partition coefficient (Wildman–Crippen LogP) is 2.54. The monoisotopic (exact) mass is 382 g/mol. The minimum absolute atomic E-state index is 0.0836. The van der Waals surface area contributed by atoms with Gasteiger partial charge < -0.3 is 4.90 Å². The summed E-state index contributed by atoms with van der Waals surface area (Å²) in [4.78, 5) is 14.6. The smallest absolute Gasteiger partial charge is 0.254 e. The quantitative estimate of drug-likeness (QED) is 0.767. The molecule has 0 aliphatic carbocycles. The minimum atomic E-state index is -3.60. The number of amides is 1. The highest BCUT2D eigenvalue weighted by Crippen LogP contribution is 2.17. The molecule has 0 unspecified atom stereocenters. The Morgan fingerprint density at radius 1 is 0.926 bits per heavy atom. The molecule has 0 saturated heterocycles. The highest BCUT2D eigenvalue weighted by molar-refractivity contribution is 7.89. The van der Waals surface area contributed by atoms with E-state index in [-0.39, 0.29) is 17.3 Å². The molecular weight excluding hydrogens is 360 g/mol. The molecule has 1 aliphatic rings. The zero-order valence-electron chi connectivity index (χ0n) is 15.3. The maximum Gasteiger partial charge on any atom is 0.254 e. The summed E-state index contributed by atoms with van der Waals surface area (Å²) in [5.74, 6) is 5.76. The summed E-state index contributed by atoms with van der Waals surface area (Å²) in [6, 6.07) is 15.9. The molecule has 0 spiro atoms. The molecule has 0 bridgehead atoms. The van der Waals surface area contributed by atoms with Crippen LogP contribution in [0.3, 0.4) is 0 Å². The standard InChI is InChI=1S/C21H22N2O3S/c1-18-10-12-20(13-11-18)27(25,26)23-16-6-5-14-22(15-7-17-23)21(24)19-8-3-2-4-9-19/h2-4,8-13H,7,14-17H2,1H3. The number of carbonyl (C=O) groups is 1. The summed E-state index contributed by atoms with van der Waals surface area (Å²) in [7, 11) is -3.60. The molecule has 2 aromatic rings. The van der Waals surface area contributed by atoms with Gasteiger partial charge in [0.05, 0.1) is 18.0 Å². The van der Waals surface area contributed by atoms with Crippen molar-refractivity contribution in [1.82, 2.24) is 9.21 Å². The number of hydrogen-bond donors (Lipinski definition) is 0. The van der Waals surface area contributed by atoms with E-state index in [0.29, 0.717) is 31.6 Å². The summed E-state index contributed by atoms with van der Waals surface area (Å²) in [6.45, 7) is 3.13. The van der Waals surface area contributed by atoms with Gasteiger partial charge in [0, 0.05) is 18.7 Å². The van der Waals surface area contributed by atoms with Crippen LogP contribution < -0.4 is 0 Å². The van der Waals surface area contributed by atoms with Gasteiger partial charge in [-0.1, -0.05) is 47.7 Å². The van der Waals surface area contributed by atoms with Crippen molar-refractivity contribution in [2.24, 2.45) is 0 Å². The van der Waals surface area contributed by atoms with E-state index < -0.39 is 10.0 Å². The van der Waals surface area contributed by atoms with Gasteiger partial charge >= 0.3 is 0 Å². The highest BCUT2D eigenvalue weighted by atomic mass is 32.2. The van der Waals surface area contributed by atoms with Crippen molar-refractivity contribution in [2.45, 2.75) is 18.2 Å². The molecule has 3 rings (SSSR count). The normalized spacial score (nSPS) is 15.8. The molecule has 0 radical (unpaired) electrons. The Kier molecular flexibility index (Phi) is 5.94. The Hall–Kier alpha value is -2.62. The third-order valence-corrected chi connectivity index (χ3v) is 6.31. The van der Waals surface area contributed by atoms with Crippen molar-refractivity contribution in [1.29, 1.82) is 0 Å². The van der Waals surface area contributed by atoms with Crippen LogP contribution in [0.1, 0.15) is 22.3 Å². The second-order valence-corrected chi connectivity index (χ2v) is 8.39. The maximum atomic E-state index is 12.9. The maximum absolute atomic E-state index is 12.9. The molecule has 5 nitrogen and oxygen atoms in total. The van der Waals surface area contributed by atoms with Crippen molar-refractivity contribution in [3.8, 4) is 11.8 Å². The first-order valence-corrected chi connectivity index (χ1v) is 10.3. The van der Waals surface area contributed by atoms with Crippen LogP contribution in [0.25, 0.3) is 0 Å². The average Bonchev–Trinajstić information content (AvgIpc) is 2.81. The summed E-state index contributed by atoms with van der Waals surface area (Å²) in [5, 5.41) is 0. The number of sulfonamides is 1. The summed E-state index contributed by atoms with van der Waals surface area (Å²) < 4.78 is 27.2. The summed E-state index contributed by atoms with van der Waals surface area (Å²) in [5.41, 5.74) is 1.62. The minimum Gasteiger partial charge on any atom is -0.327 e. The van der Waals surface area contributed by atoms with E-state index >= 15 is 0 Å². The lowest BCUT2D eigenvalue weighted by molar-refractivity contribution is 0.0774. The summed E-state index contributed by atoms with van der Waals surface area (Å²) >= 11 is 0. The molecule has 6 heteroatoms. The number of aryl methyl sites for hydroxylation is 1. The molecule has 0 aromatic heterocycles. The Labute approximate surface area is 160 Å². The van der Waals surface area contributed by atoms with Gasteiger partial charge in [0.2, 0.25) is 10.0 Å². The van der Waals surface area contributed by atoms with Gasteiger partial charge in [-0.05, 0) is 37.6 Å². The Balaban J connectivity index is 1.73. The third kappa shape index (κ3) is 4.57. The van der Waals surface area contributed by atoms with E-state index in [1.807, 2.05) is 25.1 Å². The van der Waals surface area contributed by atoms with E-state index in [2.05, 4.69) is 11.8 Å². The number of rotatable bonds is 3. The van der Waals surface area contributed by atoms with Gasteiger partial charge in [-0.3, -0.25) is 4.79 Å². The molecule has 1 heterocycles. The molecular formula is C21H22N2O3S. The largest absolute Gasteiger partial charge is 0.327 e. The number of hydrogen-bond acceptors (Lipinski definition) is 3. The first kappa shape index (κ1) is 19.2. The Morgan fingerprint density at radius 3 is 2.30 bits per heavy atom. The molecule has 1 aliphatic heterocycles. The lowest BCUT2D eigenvalue weighted by Crippen LogP contribution is -2.35. The van der Waals surface area contributed by atoms with Gasteiger partial charge in [-0.15, -0.1) is 0 Å². The highest BCUT2D eigenvalue weighted by Gasteiger charge is 2.24.